The van der Waals surface area contributed by atoms with Gasteiger partial charge in [0.1, 0.15) is 0 Å². The van der Waals surface area contributed by atoms with Crippen LogP contribution in [0.1, 0.15) is 40.5 Å². The highest BCUT2D eigenvalue weighted by Gasteiger charge is 2.23. The van der Waals surface area contributed by atoms with Crippen molar-refractivity contribution in [2.24, 2.45) is 5.73 Å². The molecule has 0 aromatic heterocycles. The molecule has 0 fully saturated rings. The molecule has 0 saturated carbocycles. The highest BCUT2D eigenvalue weighted by Crippen LogP contribution is 2.12. The highest BCUT2D eigenvalue weighted by molar-refractivity contribution is 5.81. The Bertz CT molecular complexity index is 504. The second-order valence-corrected chi connectivity index (χ2v) is 6.44. The van der Waals surface area contributed by atoms with E-state index in [1.54, 1.807) is 13.8 Å². The zero-order valence-electron chi connectivity index (χ0n) is 16.7. The molecule has 0 saturated heterocycles. The number of carbonyl (C=O) groups is 2. The number of amides is 1. The average Bonchev–Trinajstić information content (AvgIpc) is 2.58. The molecule has 1 amide bonds. The third-order valence-electron chi connectivity index (χ3n) is 3.50. The molecule has 8 nitrogen and oxygen atoms in total. The molecule has 0 aromatic rings. The molecule has 156 valence electrons. The maximum Gasteiger partial charge on any atom is 0.333 e. The highest BCUT2D eigenvalue weighted by atomic mass is 16.5. The van der Waals surface area contributed by atoms with Crippen molar-refractivity contribution in [1.82, 2.24) is 5.32 Å². The van der Waals surface area contributed by atoms with Crippen molar-refractivity contribution in [2.75, 3.05) is 19.8 Å². The average molecular weight is 386 g/mol. The van der Waals surface area contributed by atoms with E-state index in [0.29, 0.717) is 0 Å². The summed E-state index contributed by atoms with van der Waals surface area (Å²) in [6, 6.07) is -0.709. The zero-order valence-corrected chi connectivity index (χ0v) is 16.7. The number of nitrogens with two attached hydrogens (primary N) is 1. The standard InChI is InChI=1S/C19H34N2O6/c1-5-7-15(8-6-2)9-16(19(24)25)27-12-14(4)21-18(23)17(10-22)26-11-13(3)20/h5,7-8,13-14,16-17,22H,6,9-12,20H2,1-4H3,(H,21,23)(H,24,25)/b7-5-,15-8+/t13-,14-,16?,17?/m0/s1. The number of ether oxygens (including phenoxy) is 2. The van der Waals surface area contributed by atoms with Gasteiger partial charge >= 0.3 is 5.97 Å². The topological polar surface area (TPSA) is 131 Å². The van der Waals surface area contributed by atoms with Crippen LogP contribution in [0.2, 0.25) is 0 Å². The van der Waals surface area contributed by atoms with Crippen LogP contribution in [0.5, 0.6) is 0 Å². The number of aliphatic hydroxyl groups excluding tert-OH is 1. The molecule has 5 N–H and O–H groups in total. The van der Waals surface area contributed by atoms with Crippen LogP contribution >= 0.6 is 0 Å². The van der Waals surface area contributed by atoms with Crippen LogP contribution in [0.3, 0.4) is 0 Å². The fourth-order valence-corrected chi connectivity index (χ4v) is 2.24. The summed E-state index contributed by atoms with van der Waals surface area (Å²) >= 11 is 0. The van der Waals surface area contributed by atoms with Crippen molar-refractivity contribution in [1.29, 1.82) is 0 Å². The molecule has 0 aliphatic carbocycles. The first-order chi connectivity index (χ1) is 12.7. The van der Waals surface area contributed by atoms with E-state index in [2.05, 4.69) is 5.32 Å². The Morgan fingerprint density at radius 1 is 1.19 bits per heavy atom. The number of carboxylic acids is 1. The summed E-state index contributed by atoms with van der Waals surface area (Å²) in [6.45, 7) is 6.94. The first-order valence-electron chi connectivity index (χ1n) is 9.19. The summed E-state index contributed by atoms with van der Waals surface area (Å²) in [5.74, 6) is -1.56. The summed E-state index contributed by atoms with van der Waals surface area (Å²) in [5, 5.41) is 21.3. The molecule has 4 atom stereocenters. The molecule has 27 heavy (non-hydrogen) atoms. The van der Waals surface area contributed by atoms with Gasteiger partial charge < -0.3 is 30.7 Å². The molecule has 0 rings (SSSR count). The second-order valence-electron chi connectivity index (χ2n) is 6.44. The van der Waals surface area contributed by atoms with E-state index in [-0.39, 0.29) is 25.7 Å². The Labute approximate surface area is 161 Å². The van der Waals surface area contributed by atoms with E-state index in [0.717, 1.165) is 12.0 Å². The van der Waals surface area contributed by atoms with Gasteiger partial charge in [-0.2, -0.15) is 0 Å². The molecule has 0 bridgehead atoms. The van der Waals surface area contributed by atoms with Crippen LogP contribution in [-0.4, -0.2) is 66.2 Å². The van der Waals surface area contributed by atoms with E-state index in [4.69, 9.17) is 15.2 Å². The summed E-state index contributed by atoms with van der Waals surface area (Å²) in [4.78, 5) is 23.6. The van der Waals surface area contributed by atoms with Crippen LogP contribution in [0.25, 0.3) is 0 Å². The van der Waals surface area contributed by atoms with E-state index in [1.165, 1.54) is 0 Å². The van der Waals surface area contributed by atoms with Gasteiger partial charge in [-0.15, -0.1) is 0 Å². The lowest BCUT2D eigenvalue weighted by Crippen LogP contribution is -2.46. The predicted molar refractivity (Wildman–Crippen MR) is 103 cm³/mol. The zero-order chi connectivity index (χ0) is 20.8. The van der Waals surface area contributed by atoms with E-state index < -0.39 is 36.7 Å². The SMILES string of the molecule is C/C=C\C(=C/CC)CC(OC[C@H](C)NC(=O)C(CO)OC[C@H](C)N)C(=O)O. The monoisotopic (exact) mass is 386 g/mol. The molecule has 0 radical (unpaired) electrons. The third-order valence-corrected chi connectivity index (χ3v) is 3.50. The maximum atomic E-state index is 12.1. The maximum absolute atomic E-state index is 12.1. The van der Waals surface area contributed by atoms with Crippen molar-refractivity contribution in [3.05, 3.63) is 23.8 Å². The van der Waals surface area contributed by atoms with Gasteiger partial charge in [0.15, 0.2) is 12.2 Å². The third kappa shape index (κ3) is 11.6. The first kappa shape index (κ1) is 25.3. The Morgan fingerprint density at radius 2 is 1.81 bits per heavy atom. The number of aliphatic carboxylic acids is 1. The Hall–Kier alpha value is -1.74. The number of rotatable bonds is 14. The van der Waals surface area contributed by atoms with Gasteiger partial charge in [-0.25, -0.2) is 4.79 Å². The minimum atomic E-state index is -1.06. The Morgan fingerprint density at radius 3 is 2.30 bits per heavy atom. The van der Waals surface area contributed by atoms with Crippen molar-refractivity contribution in [2.45, 2.75) is 64.8 Å². The van der Waals surface area contributed by atoms with Crippen LogP contribution in [-0.2, 0) is 19.1 Å². The van der Waals surface area contributed by atoms with Gasteiger partial charge in [0.2, 0.25) is 0 Å². The minimum Gasteiger partial charge on any atom is -0.479 e. The number of hydrogen-bond acceptors (Lipinski definition) is 6. The molecule has 0 heterocycles. The molecule has 0 aromatic carbocycles. The van der Waals surface area contributed by atoms with Crippen LogP contribution < -0.4 is 11.1 Å². The number of nitrogens with one attached hydrogen (secondary N) is 1. The van der Waals surface area contributed by atoms with Crippen LogP contribution in [0, 0.1) is 0 Å². The molecule has 8 heteroatoms. The van der Waals surface area contributed by atoms with Gasteiger partial charge in [-0.05, 0) is 32.8 Å². The number of carbonyl (C=O) groups excluding carboxylic acids is 1. The number of aliphatic hydroxyl groups is 1. The Kier molecular flexibility index (Phi) is 13.4. The number of carboxylic acid groups (broad SMARTS) is 1. The first-order valence-corrected chi connectivity index (χ1v) is 9.19. The Balaban J connectivity index is 4.64. The van der Waals surface area contributed by atoms with E-state index in [1.807, 2.05) is 32.1 Å². The van der Waals surface area contributed by atoms with Crippen molar-refractivity contribution in [3.63, 3.8) is 0 Å². The van der Waals surface area contributed by atoms with Crippen LogP contribution in [0.4, 0.5) is 0 Å². The normalized spacial score (nSPS) is 16.7. The fraction of sp³-hybridized carbons (Fsp3) is 0.684. The van der Waals surface area contributed by atoms with Crippen molar-refractivity contribution >= 4 is 11.9 Å². The minimum absolute atomic E-state index is 0.0173. The lowest BCUT2D eigenvalue weighted by atomic mass is 10.1. The van der Waals surface area contributed by atoms with Crippen molar-refractivity contribution in [3.8, 4) is 0 Å². The number of allylic oxidation sites excluding steroid dienone is 3. The molecule has 2 unspecified atom stereocenters. The van der Waals surface area contributed by atoms with Gasteiger partial charge in [-0.3, -0.25) is 4.79 Å². The van der Waals surface area contributed by atoms with Gasteiger partial charge in [0, 0.05) is 18.5 Å². The summed E-state index contributed by atoms with van der Waals surface area (Å²) in [5.41, 5.74) is 6.45. The van der Waals surface area contributed by atoms with Gasteiger partial charge in [0.25, 0.3) is 5.91 Å². The fourth-order valence-electron chi connectivity index (χ4n) is 2.24. The molecular weight excluding hydrogens is 352 g/mol. The van der Waals surface area contributed by atoms with Gasteiger partial charge in [0.05, 0.1) is 19.8 Å². The lowest BCUT2D eigenvalue weighted by molar-refractivity contribution is -0.150. The van der Waals surface area contributed by atoms with E-state index >= 15 is 0 Å². The van der Waals surface area contributed by atoms with Crippen LogP contribution in [0.15, 0.2) is 23.8 Å². The quantitative estimate of drug-likeness (QED) is 0.327. The van der Waals surface area contributed by atoms with Crippen molar-refractivity contribution < 1.29 is 29.3 Å². The van der Waals surface area contributed by atoms with Gasteiger partial charge in [-0.1, -0.05) is 25.2 Å². The largest absolute Gasteiger partial charge is 0.479 e. The molecular formula is C19H34N2O6. The predicted octanol–water partition coefficient (Wildman–Crippen LogP) is 0.988. The molecule has 0 spiro atoms. The summed E-state index contributed by atoms with van der Waals surface area (Å²) in [6.07, 6.45) is 4.65. The molecule has 0 aliphatic rings. The number of hydrogen-bond donors (Lipinski definition) is 4. The summed E-state index contributed by atoms with van der Waals surface area (Å²) < 4.78 is 10.7. The smallest absolute Gasteiger partial charge is 0.333 e. The summed E-state index contributed by atoms with van der Waals surface area (Å²) in [7, 11) is 0. The molecule has 0 aliphatic heterocycles. The van der Waals surface area contributed by atoms with E-state index in [9.17, 15) is 19.8 Å². The second kappa shape index (κ2) is 14.3. The lowest BCUT2D eigenvalue weighted by Gasteiger charge is -2.22.